The van der Waals surface area contributed by atoms with Gasteiger partial charge >= 0.3 is 0 Å². The Hall–Kier alpha value is -3.86. The molecule has 3 aromatic carbocycles. The van der Waals surface area contributed by atoms with Crippen LogP contribution in [0.3, 0.4) is 0 Å². The molecule has 1 saturated heterocycles. The second-order valence-electron chi connectivity index (χ2n) is 10.2. The predicted octanol–water partition coefficient (Wildman–Crippen LogP) is 6.64. The summed E-state index contributed by atoms with van der Waals surface area (Å²) in [6.45, 7) is 4.34. The molecule has 2 aliphatic rings. The highest BCUT2D eigenvalue weighted by Crippen LogP contribution is 2.43. The average Bonchev–Trinajstić information content (AvgIpc) is 3.18. The maximum Gasteiger partial charge on any atom is 0.295 e. The maximum atomic E-state index is 13.4. The van der Waals surface area contributed by atoms with Gasteiger partial charge in [-0.05, 0) is 61.6 Å². The van der Waals surface area contributed by atoms with Gasteiger partial charge in [0.2, 0.25) is 0 Å². The van der Waals surface area contributed by atoms with Gasteiger partial charge in [-0.2, -0.15) is 0 Å². The van der Waals surface area contributed by atoms with Gasteiger partial charge in [-0.25, -0.2) is 0 Å². The van der Waals surface area contributed by atoms with Gasteiger partial charge < -0.3 is 14.7 Å². The number of amides is 1. The zero-order chi connectivity index (χ0) is 25.9. The van der Waals surface area contributed by atoms with Crippen LogP contribution >= 0.6 is 0 Å². The van der Waals surface area contributed by atoms with Crippen LogP contribution in [0.4, 0.5) is 0 Å². The fourth-order valence-corrected chi connectivity index (χ4v) is 5.60. The van der Waals surface area contributed by atoms with Crippen molar-refractivity contribution in [3.05, 3.63) is 106 Å². The fourth-order valence-electron chi connectivity index (χ4n) is 5.60. The zero-order valence-electron chi connectivity index (χ0n) is 21.4. The Kier molecular flexibility index (Phi) is 7.13. The molecule has 1 aliphatic heterocycles. The van der Waals surface area contributed by atoms with E-state index in [1.54, 1.807) is 11.0 Å². The number of hydrogen-bond donors (Lipinski definition) is 1. The normalized spacial score (nSPS) is 19.8. The number of rotatable bonds is 6. The molecule has 190 valence electrons. The van der Waals surface area contributed by atoms with E-state index in [4.69, 9.17) is 4.74 Å². The van der Waals surface area contributed by atoms with Crippen LogP contribution in [0, 0.1) is 13.8 Å². The molecule has 37 heavy (non-hydrogen) atoms. The first-order valence-electron chi connectivity index (χ1n) is 13.1. The minimum Gasteiger partial charge on any atom is -0.507 e. The van der Waals surface area contributed by atoms with Gasteiger partial charge in [0.15, 0.2) is 0 Å². The molecule has 3 aromatic rings. The van der Waals surface area contributed by atoms with E-state index in [1.807, 2.05) is 80.6 Å². The summed E-state index contributed by atoms with van der Waals surface area (Å²) in [5, 5.41) is 11.5. The number of ketones is 1. The van der Waals surface area contributed by atoms with Crippen LogP contribution in [0.1, 0.15) is 66.0 Å². The summed E-state index contributed by atoms with van der Waals surface area (Å²) in [5.41, 5.74) is 4.47. The number of carbonyl (C=O) groups excluding carboxylic acids is 2. The van der Waals surface area contributed by atoms with Crippen molar-refractivity contribution in [2.45, 2.75) is 64.6 Å². The number of benzene rings is 3. The molecule has 2 fully saturated rings. The van der Waals surface area contributed by atoms with E-state index in [-0.39, 0.29) is 17.4 Å². The van der Waals surface area contributed by atoms with Crippen molar-refractivity contribution in [1.82, 2.24) is 4.90 Å². The molecule has 5 rings (SSSR count). The molecule has 1 aliphatic carbocycles. The Labute approximate surface area is 218 Å². The van der Waals surface area contributed by atoms with Gasteiger partial charge in [0, 0.05) is 11.6 Å². The van der Waals surface area contributed by atoms with E-state index in [1.165, 1.54) is 0 Å². The largest absolute Gasteiger partial charge is 0.507 e. The van der Waals surface area contributed by atoms with Gasteiger partial charge in [0.1, 0.15) is 18.1 Å². The summed E-state index contributed by atoms with van der Waals surface area (Å²) in [6.07, 6.45) is 4.98. The third kappa shape index (κ3) is 5.04. The van der Waals surface area contributed by atoms with Gasteiger partial charge in [0.25, 0.3) is 11.7 Å². The van der Waals surface area contributed by atoms with Crippen molar-refractivity contribution >= 4 is 17.4 Å². The third-order valence-electron chi connectivity index (χ3n) is 7.49. The molecule has 5 heteroatoms. The van der Waals surface area contributed by atoms with E-state index in [9.17, 15) is 14.7 Å². The van der Waals surface area contributed by atoms with E-state index in [0.717, 1.165) is 54.4 Å². The van der Waals surface area contributed by atoms with Gasteiger partial charge in [0.05, 0.1) is 11.6 Å². The van der Waals surface area contributed by atoms with Crippen molar-refractivity contribution in [1.29, 1.82) is 0 Å². The molecule has 0 spiro atoms. The Morgan fingerprint density at radius 1 is 0.919 bits per heavy atom. The van der Waals surface area contributed by atoms with Crippen molar-refractivity contribution in [3.8, 4) is 5.75 Å². The third-order valence-corrected chi connectivity index (χ3v) is 7.49. The molecule has 1 unspecified atom stereocenters. The van der Waals surface area contributed by atoms with Crippen molar-refractivity contribution in [2.24, 2.45) is 0 Å². The molecule has 5 nitrogen and oxygen atoms in total. The summed E-state index contributed by atoms with van der Waals surface area (Å²) in [4.78, 5) is 28.5. The highest BCUT2D eigenvalue weighted by molar-refractivity contribution is 6.46. The number of ether oxygens (including phenoxy) is 1. The van der Waals surface area contributed by atoms with Crippen LogP contribution in [0.15, 0.2) is 78.4 Å². The Balaban J connectivity index is 1.52. The fraction of sp³-hybridized carbons (Fsp3) is 0.312. The molecule has 1 atom stereocenters. The first kappa shape index (κ1) is 24.8. The topological polar surface area (TPSA) is 66.8 Å². The van der Waals surface area contributed by atoms with Crippen LogP contribution in [-0.4, -0.2) is 27.7 Å². The maximum absolute atomic E-state index is 13.4. The molecule has 1 N–H and O–H groups in total. The van der Waals surface area contributed by atoms with Crippen molar-refractivity contribution < 1.29 is 19.4 Å². The molecular weight excluding hydrogens is 462 g/mol. The summed E-state index contributed by atoms with van der Waals surface area (Å²) in [7, 11) is 0. The minimum absolute atomic E-state index is 0.00323. The Bertz CT molecular complexity index is 1340. The van der Waals surface area contributed by atoms with Crippen LogP contribution in [-0.2, 0) is 16.2 Å². The molecule has 0 radical (unpaired) electrons. The molecular formula is C32H33NO4. The second-order valence-corrected chi connectivity index (χ2v) is 10.2. The molecule has 0 bridgehead atoms. The standard InChI is InChI=1S/C32H33NO4/c1-21-10-9-13-24(18-21)29-28(31(35)32(36)33(29)26-14-7-4-8-15-26)30(34)25-16-17-27(22(2)19-25)37-20-23-11-5-3-6-12-23/h3,5-6,9-13,16-19,26,29,34H,4,7-8,14-15,20H2,1-2H3/b30-28-. The molecule has 0 aromatic heterocycles. The Morgan fingerprint density at radius 2 is 1.68 bits per heavy atom. The minimum atomic E-state index is -0.614. The zero-order valence-corrected chi connectivity index (χ0v) is 21.4. The molecule has 1 saturated carbocycles. The van der Waals surface area contributed by atoms with Crippen LogP contribution in [0.25, 0.3) is 5.76 Å². The number of likely N-dealkylation sites (tertiary alicyclic amines) is 1. The number of hydrogen-bond acceptors (Lipinski definition) is 4. The van der Waals surface area contributed by atoms with Crippen LogP contribution in [0.2, 0.25) is 0 Å². The Morgan fingerprint density at radius 3 is 2.38 bits per heavy atom. The first-order valence-corrected chi connectivity index (χ1v) is 13.1. The summed E-state index contributed by atoms with van der Waals surface area (Å²) in [6, 6.07) is 22.6. The number of nitrogens with zero attached hydrogens (tertiary/aromatic N) is 1. The quantitative estimate of drug-likeness (QED) is 0.237. The lowest BCUT2D eigenvalue weighted by molar-refractivity contribution is -0.141. The number of aliphatic hydroxyl groups is 1. The summed E-state index contributed by atoms with van der Waals surface area (Å²) < 4.78 is 5.99. The van der Waals surface area contributed by atoms with Gasteiger partial charge in [-0.1, -0.05) is 79.4 Å². The second kappa shape index (κ2) is 10.6. The lowest BCUT2D eigenvalue weighted by atomic mass is 9.90. The monoisotopic (exact) mass is 495 g/mol. The lowest BCUT2D eigenvalue weighted by Gasteiger charge is -2.35. The van der Waals surface area contributed by atoms with Crippen LogP contribution in [0.5, 0.6) is 5.75 Å². The van der Waals surface area contributed by atoms with E-state index in [2.05, 4.69) is 0 Å². The predicted molar refractivity (Wildman–Crippen MR) is 144 cm³/mol. The number of carbonyl (C=O) groups is 2. The highest BCUT2D eigenvalue weighted by Gasteiger charge is 2.48. The number of Topliss-reactive ketones (excluding diaryl/α,β-unsaturated/α-hetero) is 1. The van der Waals surface area contributed by atoms with E-state index < -0.39 is 17.7 Å². The molecule has 1 heterocycles. The van der Waals surface area contributed by atoms with E-state index in [0.29, 0.717) is 17.9 Å². The van der Waals surface area contributed by atoms with Gasteiger partial charge in [-0.3, -0.25) is 9.59 Å². The lowest BCUT2D eigenvalue weighted by Crippen LogP contribution is -2.40. The average molecular weight is 496 g/mol. The van der Waals surface area contributed by atoms with Crippen molar-refractivity contribution in [2.75, 3.05) is 0 Å². The van der Waals surface area contributed by atoms with Crippen molar-refractivity contribution in [3.63, 3.8) is 0 Å². The van der Waals surface area contributed by atoms with E-state index >= 15 is 0 Å². The highest BCUT2D eigenvalue weighted by atomic mass is 16.5. The smallest absolute Gasteiger partial charge is 0.295 e. The SMILES string of the molecule is Cc1cccc(C2/C(=C(/O)c3ccc(OCc4ccccc4)c(C)c3)C(=O)C(=O)N2C2CCCCC2)c1. The number of aliphatic hydroxyl groups excluding tert-OH is 1. The molecule has 1 amide bonds. The summed E-state index contributed by atoms with van der Waals surface area (Å²) in [5.74, 6) is -0.560. The summed E-state index contributed by atoms with van der Waals surface area (Å²) >= 11 is 0. The van der Waals surface area contributed by atoms with Gasteiger partial charge in [-0.15, -0.1) is 0 Å². The number of aryl methyl sites for hydroxylation is 2. The van der Waals surface area contributed by atoms with Crippen LogP contribution < -0.4 is 4.74 Å². The first-order chi connectivity index (χ1) is 17.9.